The number of halogens is 1. The molecule has 0 spiro atoms. The Morgan fingerprint density at radius 1 is 1.05 bits per heavy atom. The SMILES string of the molecule is CCNCc1ccc(-c2ccc(OCC)cc2)c(Cl)c1. The fourth-order valence-corrected chi connectivity index (χ4v) is 2.38. The third kappa shape index (κ3) is 3.75. The van der Waals surface area contributed by atoms with Crippen LogP contribution in [0.2, 0.25) is 5.02 Å². The molecule has 3 heteroatoms. The van der Waals surface area contributed by atoms with E-state index in [9.17, 15) is 0 Å². The number of hydrogen-bond acceptors (Lipinski definition) is 2. The highest BCUT2D eigenvalue weighted by atomic mass is 35.5. The Hall–Kier alpha value is -1.51. The molecule has 0 saturated heterocycles. The van der Waals surface area contributed by atoms with Crippen molar-refractivity contribution in [3.05, 3.63) is 53.1 Å². The number of rotatable bonds is 6. The molecule has 0 aliphatic rings. The van der Waals surface area contributed by atoms with Crippen LogP contribution in [0.15, 0.2) is 42.5 Å². The molecule has 0 bridgehead atoms. The van der Waals surface area contributed by atoms with Crippen molar-refractivity contribution < 1.29 is 4.74 Å². The highest BCUT2D eigenvalue weighted by molar-refractivity contribution is 6.33. The molecule has 1 N–H and O–H groups in total. The lowest BCUT2D eigenvalue weighted by Crippen LogP contribution is -2.11. The summed E-state index contributed by atoms with van der Waals surface area (Å²) in [4.78, 5) is 0. The zero-order valence-corrected chi connectivity index (χ0v) is 12.7. The van der Waals surface area contributed by atoms with Crippen molar-refractivity contribution in [2.75, 3.05) is 13.2 Å². The first-order chi connectivity index (χ1) is 9.74. The predicted molar refractivity (Wildman–Crippen MR) is 85.4 cm³/mol. The Bertz CT molecular complexity index is 551. The minimum Gasteiger partial charge on any atom is -0.494 e. The third-order valence-corrected chi connectivity index (χ3v) is 3.40. The zero-order chi connectivity index (χ0) is 14.4. The van der Waals surface area contributed by atoms with Crippen molar-refractivity contribution in [2.24, 2.45) is 0 Å². The Labute approximate surface area is 125 Å². The van der Waals surface area contributed by atoms with Gasteiger partial charge in [0.05, 0.1) is 6.61 Å². The monoisotopic (exact) mass is 289 g/mol. The normalized spacial score (nSPS) is 10.6. The molecule has 0 aliphatic carbocycles. The second-order valence-electron chi connectivity index (χ2n) is 4.55. The van der Waals surface area contributed by atoms with Gasteiger partial charge in [0, 0.05) is 17.1 Å². The van der Waals surface area contributed by atoms with Gasteiger partial charge in [-0.1, -0.05) is 42.8 Å². The van der Waals surface area contributed by atoms with Crippen molar-refractivity contribution in [1.29, 1.82) is 0 Å². The predicted octanol–water partition coefficient (Wildman–Crippen LogP) is 4.52. The average molecular weight is 290 g/mol. The first-order valence-electron chi connectivity index (χ1n) is 6.97. The molecule has 0 heterocycles. The maximum atomic E-state index is 6.38. The van der Waals surface area contributed by atoms with Gasteiger partial charge in [0.2, 0.25) is 0 Å². The van der Waals surface area contributed by atoms with Crippen LogP contribution >= 0.6 is 11.6 Å². The van der Waals surface area contributed by atoms with Crippen LogP contribution in [0.1, 0.15) is 19.4 Å². The lowest BCUT2D eigenvalue weighted by Gasteiger charge is -2.09. The molecule has 2 rings (SSSR count). The van der Waals surface area contributed by atoms with Crippen molar-refractivity contribution in [3.63, 3.8) is 0 Å². The molecule has 20 heavy (non-hydrogen) atoms. The van der Waals surface area contributed by atoms with E-state index in [-0.39, 0.29) is 0 Å². The smallest absolute Gasteiger partial charge is 0.119 e. The summed E-state index contributed by atoms with van der Waals surface area (Å²) < 4.78 is 5.45. The average Bonchev–Trinajstić information content (AvgIpc) is 2.47. The minimum atomic E-state index is 0.680. The van der Waals surface area contributed by atoms with Gasteiger partial charge in [-0.2, -0.15) is 0 Å². The molecule has 0 radical (unpaired) electrons. The van der Waals surface area contributed by atoms with Crippen LogP contribution in [0, 0.1) is 0 Å². The molecule has 2 aromatic rings. The fourth-order valence-electron chi connectivity index (χ4n) is 2.07. The summed E-state index contributed by atoms with van der Waals surface area (Å²) in [5.74, 6) is 0.885. The topological polar surface area (TPSA) is 21.3 Å². The molecule has 0 aromatic heterocycles. The van der Waals surface area contributed by atoms with Crippen LogP contribution in [0.4, 0.5) is 0 Å². The summed E-state index contributed by atoms with van der Waals surface area (Å²) in [5.41, 5.74) is 3.36. The Kier molecular flexibility index (Phi) is 5.45. The van der Waals surface area contributed by atoms with E-state index in [0.29, 0.717) is 6.61 Å². The molecule has 2 aromatic carbocycles. The second kappa shape index (κ2) is 7.32. The molecule has 106 valence electrons. The largest absolute Gasteiger partial charge is 0.494 e. The fraction of sp³-hybridized carbons (Fsp3) is 0.294. The van der Waals surface area contributed by atoms with E-state index in [1.54, 1.807) is 0 Å². The third-order valence-electron chi connectivity index (χ3n) is 3.09. The lowest BCUT2D eigenvalue weighted by molar-refractivity contribution is 0.340. The Morgan fingerprint density at radius 3 is 2.40 bits per heavy atom. The van der Waals surface area contributed by atoms with Gasteiger partial charge >= 0.3 is 0 Å². The van der Waals surface area contributed by atoms with E-state index >= 15 is 0 Å². The summed E-state index contributed by atoms with van der Waals surface area (Å²) in [6.07, 6.45) is 0. The first kappa shape index (κ1) is 14.9. The second-order valence-corrected chi connectivity index (χ2v) is 4.96. The van der Waals surface area contributed by atoms with Gasteiger partial charge < -0.3 is 10.1 Å². The highest BCUT2D eigenvalue weighted by Crippen LogP contribution is 2.30. The summed E-state index contributed by atoms with van der Waals surface area (Å²) in [6, 6.07) is 14.2. The van der Waals surface area contributed by atoms with Gasteiger partial charge in [-0.05, 0) is 42.8 Å². The van der Waals surface area contributed by atoms with E-state index in [0.717, 1.165) is 35.0 Å². The first-order valence-corrected chi connectivity index (χ1v) is 7.34. The maximum absolute atomic E-state index is 6.38. The van der Waals surface area contributed by atoms with E-state index in [1.807, 2.05) is 37.3 Å². The molecule has 0 fully saturated rings. The van der Waals surface area contributed by atoms with Crippen molar-refractivity contribution in [1.82, 2.24) is 5.32 Å². The summed E-state index contributed by atoms with van der Waals surface area (Å²) in [6.45, 7) is 6.56. The van der Waals surface area contributed by atoms with Crippen LogP contribution in [0.3, 0.4) is 0 Å². The van der Waals surface area contributed by atoms with Gasteiger partial charge in [0.1, 0.15) is 5.75 Å². The molecular formula is C17H20ClNO. The summed E-state index contributed by atoms with van der Waals surface area (Å²) >= 11 is 6.38. The molecular weight excluding hydrogens is 270 g/mol. The lowest BCUT2D eigenvalue weighted by atomic mass is 10.0. The van der Waals surface area contributed by atoms with E-state index < -0.39 is 0 Å². The quantitative estimate of drug-likeness (QED) is 0.844. The minimum absolute atomic E-state index is 0.680. The standard InChI is InChI=1S/C17H20ClNO/c1-3-19-12-13-5-10-16(17(18)11-13)14-6-8-15(9-7-14)20-4-2/h5-11,19H,3-4,12H2,1-2H3. The molecule has 0 saturated carbocycles. The molecule has 0 amide bonds. The van der Waals surface area contributed by atoms with Crippen LogP contribution in [-0.2, 0) is 6.54 Å². The number of hydrogen-bond donors (Lipinski definition) is 1. The van der Waals surface area contributed by atoms with Gasteiger partial charge in [0.15, 0.2) is 0 Å². The Balaban J connectivity index is 2.19. The van der Waals surface area contributed by atoms with E-state index in [4.69, 9.17) is 16.3 Å². The highest BCUT2D eigenvalue weighted by Gasteiger charge is 2.05. The Morgan fingerprint density at radius 2 is 1.80 bits per heavy atom. The summed E-state index contributed by atoms with van der Waals surface area (Å²) in [7, 11) is 0. The van der Waals surface area contributed by atoms with Gasteiger partial charge in [0.25, 0.3) is 0 Å². The molecule has 2 nitrogen and oxygen atoms in total. The van der Waals surface area contributed by atoms with Crippen molar-refractivity contribution >= 4 is 11.6 Å². The number of benzene rings is 2. The molecule has 0 atom stereocenters. The van der Waals surface area contributed by atoms with Crippen molar-refractivity contribution in [2.45, 2.75) is 20.4 Å². The van der Waals surface area contributed by atoms with Gasteiger partial charge in [-0.3, -0.25) is 0 Å². The zero-order valence-electron chi connectivity index (χ0n) is 11.9. The van der Waals surface area contributed by atoms with E-state index in [2.05, 4.69) is 24.4 Å². The van der Waals surface area contributed by atoms with Crippen LogP contribution in [0.5, 0.6) is 5.75 Å². The molecule has 0 unspecified atom stereocenters. The number of ether oxygens (including phenoxy) is 1. The van der Waals surface area contributed by atoms with Crippen LogP contribution in [-0.4, -0.2) is 13.2 Å². The van der Waals surface area contributed by atoms with Gasteiger partial charge in [-0.15, -0.1) is 0 Å². The van der Waals surface area contributed by atoms with Crippen molar-refractivity contribution in [3.8, 4) is 16.9 Å². The van der Waals surface area contributed by atoms with Gasteiger partial charge in [-0.25, -0.2) is 0 Å². The van der Waals surface area contributed by atoms with Crippen LogP contribution in [0.25, 0.3) is 11.1 Å². The molecule has 0 aliphatic heterocycles. The van der Waals surface area contributed by atoms with E-state index in [1.165, 1.54) is 5.56 Å². The number of nitrogens with one attached hydrogen (secondary N) is 1. The maximum Gasteiger partial charge on any atom is 0.119 e. The van der Waals surface area contributed by atoms with Crippen LogP contribution < -0.4 is 10.1 Å². The summed E-state index contributed by atoms with van der Waals surface area (Å²) in [5, 5.41) is 4.08.